The van der Waals surface area contributed by atoms with Crippen molar-refractivity contribution in [2.75, 3.05) is 26.2 Å². The molecule has 0 bridgehead atoms. The molecule has 5 heteroatoms. The molecule has 0 unspecified atom stereocenters. The Morgan fingerprint density at radius 3 is 1.88 bits per heavy atom. The molecule has 3 heterocycles. The fraction of sp³-hybridized carbons (Fsp3) is 0.550. The maximum atomic E-state index is 13.3. The summed E-state index contributed by atoms with van der Waals surface area (Å²) >= 11 is 0. The molecule has 1 aliphatic carbocycles. The summed E-state index contributed by atoms with van der Waals surface area (Å²) in [7, 11) is 0. The first kappa shape index (κ1) is 16.3. The Balaban J connectivity index is 1.84. The van der Waals surface area contributed by atoms with E-state index < -0.39 is 0 Å². The van der Waals surface area contributed by atoms with E-state index in [1.807, 2.05) is 13.0 Å². The Kier molecular flexibility index (Phi) is 4.32. The van der Waals surface area contributed by atoms with Gasteiger partial charge < -0.3 is 9.80 Å². The fourth-order valence-corrected chi connectivity index (χ4v) is 4.20. The third kappa shape index (κ3) is 2.86. The zero-order chi connectivity index (χ0) is 17.4. The molecule has 2 aliphatic heterocycles. The molecule has 132 valence electrons. The van der Waals surface area contributed by atoms with Gasteiger partial charge in [0.1, 0.15) is 17.1 Å². The molecule has 2 fully saturated rings. The lowest BCUT2D eigenvalue weighted by molar-refractivity contribution is 0.0886. The van der Waals surface area contributed by atoms with Crippen molar-refractivity contribution in [1.82, 2.24) is 14.8 Å². The normalized spacial score (nSPS) is 21.6. The summed E-state index contributed by atoms with van der Waals surface area (Å²) in [4.78, 5) is 35.2. The van der Waals surface area contributed by atoms with Gasteiger partial charge >= 0.3 is 0 Å². The number of hydrogen-bond acceptors (Lipinski definition) is 5. The first-order valence-electron chi connectivity index (χ1n) is 9.47. The van der Waals surface area contributed by atoms with Crippen LogP contribution in [0.25, 0.3) is 0 Å². The molecule has 0 saturated carbocycles. The van der Waals surface area contributed by atoms with Crippen LogP contribution in [-0.4, -0.2) is 52.5 Å². The highest BCUT2D eigenvalue weighted by molar-refractivity contribution is 6.25. The number of fused-ring (bicyclic) bond motifs is 1. The molecule has 5 nitrogen and oxygen atoms in total. The van der Waals surface area contributed by atoms with Crippen LogP contribution in [0.4, 0.5) is 0 Å². The molecule has 1 aromatic heterocycles. The van der Waals surface area contributed by atoms with Crippen molar-refractivity contribution < 1.29 is 9.59 Å². The quantitative estimate of drug-likeness (QED) is 0.829. The lowest BCUT2D eigenvalue weighted by Gasteiger charge is -2.38. The molecule has 2 saturated heterocycles. The maximum Gasteiger partial charge on any atom is 0.230 e. The van der Waals surface area contributed by atoms with Gasteiger partial charge in [-0.1, -0.05) is 0 Å². The lowest BCUT2D eigenvalue weighted by Crippen LogP contribution is -2.43. The van der Waals surface area contributed by atoms with Crippen LogP contribution in [-0.2, 0) is 0 Å². The number of ketones is 2. The van der Waals surface area contributed by atoms with E-state index >= 15 is 0 Å². The van der Waals surface area contributed by atoms with Crippen LogP contribution in [0.5, 0.6) is 0 Å². The maximum absolute atomic E-state index is 13.3. The minimum absolute atomic E-state index is 0.0201. The van der Waals surface area contributed by atoms with Crippen molar-refractivity contribution >= 4 is 11.6 Å². The third-order valence-corrected chi connectivity index (χ3v) is 5.48. The predicted octanol–water partition coefficient (Wildman–Crippen LogP) is 2.95. The molecule has 0 amide bonds. The van der Waals surface area contributed by atoms with Crippen LogP contribution in [0.1, 0.15) is 64.9 Å². The number of aryl methyl sites for hydroxylation is 1. The Labute approximate surface area is 148 Å². The van der Waals surface area contributed by atoms with Gasteiger partial charge in [0.2, 0.25) is 11.6 Å². The number of carbonyl (C=O) groups excluding carboxylic acids is 2. The van der Waals surface area contributed by atoms with Gasteiger partial charge in [0.15, 0.2) is 0 Å². The molecule has 1 aromatic rings. The first-order valence-corrected chi connectivity index (χ1v) is 9.47. The van der Waals surface area contributed by atoms with E-state index in [4.69, 9.17) is 0 Å². The summed E-state index contributed by atoms with van der Waals surface area (Å²) in [6.45, 7) is 5.34. The predicted molar refractivity (Wildman–Crippen MR) is 95.5 cm³/mol. The minimum atomic E-state index is -0.0722. The van der Waals surface area contributed by atoms with Crippen molar-refractivity contribution in [3.05, 3.63) is 40.5 Å². The second kappa shape index (κ2) is 6.62. The SMILES string of the molecule is Cc1cnc2c(c1)C(=O)C(N1CCCCC1)=C(N1CCCCC1)C2=O. The number of rotatable bonds is 2. The van der Waals surface area contributed by atoms with Gasteiger partial charge in [-0.2, -0.15) is 0 Å². The monoisotopic (exact) mass is 339 g/mol. The minimum Gasteiger partial charge on any atom is -0.367 e. The smallest absolute Gasteiger partial charge is 0.230 e. The van der Waals surface area contributed by atoms with E-state index in [1.165, 1.54) is 12.8 Å². The van der Waals surface area contributed by atoms with Gasteiger partial charge in [-0.15, -0.1) is 0 Å². The number of piperidine rings is 2. The summed E-state index contributed by atoms with van der Waals surface area (Å²) in [6, 6.07) is 1.82. The van der Waals surface area contributed by atoms with Crippen LogP contribution >= 0.6 is 0 Å². The van der Waals surface area contributed by atoms with Crippen molar-refractivity contribution in [2.45, 2.75) is 45.4 Å². The molecular formula is C20H25N3O2. The first-order chi connectivity index (χ1) is 12.2. The standard InChI is InChI=1S/C20H25N3O2/c1-14-12-15-16(21-13-14)20(25)18(23-10-6-3-7-11-23)17(19(15)24)22-8-4-2-5-9-22/h12-13H,2-11H2,1H3. The molecule has 0 N–H and O–H groups in total. The van der Waals surface area contributed by atoms with Gasteiger partial charge in [-0.3, -0.25) is 14.6 Å². The van der Waals surface area contributed by atoms with Crippen molar-refractivity contribution in [2.24, 2.45) is 0 Å². The molecule has 3 aliphatic rings. The third-order valence-electron chi connectivity index (χ3n) is 5.48. The van der Waals surface area contributed by atoms with Crippen LogP contribution < -0.4 is 0 Å². The summed E-state index contributed by atoms with van der Waals surface area (Å²) in [5.41, 5.74) is 2.96. The van der Waals surface area contributed by atoms with Gasteiger partial charge in [0.25, 0.3) is 0 Å². The number of aromatic nitrogens is 1. The number of carbonyl (C=O) groups is 2. The lowest BCUT2D eigenvalue weighted by atomic mass is 9.90. The zero-order valence-electron chi connectivity index (χ0n) is 14.9. The van der Waals surface area contributed by atoms with E-state index in [0.717, 1.165) is 57.4 Å². The molecule has 25 heavy (non-hydrogen) atoms. The van der Waals surface area contributed by atoms with Crippen molar-refractivity contribution in [1.29, 1.82) is 0 Å². The molecular weight excluding hydrogens is 314 g/mol. The molecule has 0 radical (unpaired) electrons. The number of allylic oxidation sites excluding steroid dienone is 2. The number of Topliss-reactive ketones (excluding diaryl/α,β-unsaturated/α-hetero) is 2. The van der Waals surface area contributed by atoms with E-state index in [2.05, 4.69) is 14.8 Å². The number of nitrogens with zero attached hydrogens (tertiary/aromatic N) is 3. The summed E-state index contributed by atoms with van der Waals surface area (Å²) in [6.07, 6.45) is 8.39. The summed E-state index contributed by atoms with van der Waals surface area (Å²) < 4.78 is 0. The van der Waals surface area contributed by atoms with E-state index in [0.29, 0.717) is 22.7 Å². The Morgan fingerprint density at radius 1 is 0.800 bits per heavy atom. The van der Waals surface area contributed by atoms with Gasteiger partial charge in [-0.05, 0) is 57.1 Å². The van der Waals surface area contributed by atoms with Crippen LogP contribution in [0, 0.1) is 6.92 Å². The Hall–Kier alpha value is -2.17. The second-order valence-electron chi connectivity index (χ2n) is 7.36. The molecule has 0 aromatic carbocycles. The second-order valence-corrected chi connectivity index (χ2v) is 7.36. The molecule has 4 rings (SSSR count). The summed E-state index contributed by atoms with van der Waals surface area (Å²) in [5.74, 6) is -0.0923. The number of likely N-dealkylation sites (tertiary alicyclic amines) is 2. The van der Waals surface area contributed by atoms with Crippen LogP contribution in [0.3, 0.4) is 0 Å². The topological polar surface area (TPSA) is 53.5 Å². The van der Waals surface area contributed by atoms with Gasteiger partial charge in [-0.25, -0.2) is 0 Å². The van der Waals surface area contributed by atoms with E-state index in [9.17, 15) is 9.59 Å². The van der Waals surface area contributed by atoms with E-state index in [1.54, 1.807) is 6.20 Å². The largest absolute Gasteiger partial charge is 0.367 e. The molecule has 0 spiro atoms. The average molecular weight is 339 g/mol. The zero-order valence-corrected chi connectivity index (χ0v) is 14.9. The van der Waals surface area contributed by atoms with Crippen molar-refractivity contribution in [3.63, 3.8) is 0 Å². The number of pyridine rings is 1. The highest BCUT2D eigenvalue weighted by atomic mass is 16.1. The average Bonchev–Trinajstić information content (AvgIpc) is 2.65. The van der Waals surface area contributed by atoms with Crippen LogP contribution in [0.15, 0.2) is 23.7 Å². The highest BCUT2D eigenvalue weighted by Crippen LogP contribution is 2.32. The highest BCUT2D eigenvalue weighted by Gasteiger charge is 2.39. The van der Waals surface area contributed by atoms with Gasteiger partial charge in [0.05, 0.1) is 5.56 Å². The van der Waals surface area contributed by atoms with E-state index in [-0.39, 0.29) is 11.6 Å². The number of hydrogen-bond donors (Lipinski definition) is 0. The summed E-state index contributed by atoms with van der Waals surface area (Å²) in [5, 5.41) is 0. The Bertz CT molecular complexity index is 741. The van der Waals surface area contributed by atoms with Crippen molar-refractivity contribution in [3.8, 4) is 0 Å². The Morgan fingerprint density at radius 2 is 1.32 bits per heavy atom. The molecule has 0 atom stereocenters. The van der Waals surface area contributed by atoms with Crippen LogP contribution in [0.2, 0.25) is 0 Å². The van der Waals surface area contributed by atoms with Gasteiger partial charge in [0, 0.05) is 32.4 Å². The fourth-order valence-electron chi connectivity index (χ4n) is 4.20.